The second-order valence-corrected chi connectivity index (χ2v) is 7.50. The van der Waals surface area contributed by atoms with Crippen LogP contribution in [-0.2, 0) is 11.8 Å². The van der Waals surface area contributed by atoms with E-state index < -0.39 is 0 Å². The fourth-order valence-corrected chi connectivity index (χ4v) is 2.86. The summed E-state index contributed by atoms with van der Waals surface area (Å²) in [6, 6.07) is 12.2. The minimum Gasteiger partial charge on any atom is -0.357 e. The first-order chi connectivity index (χ1) is 14.5. The Bertz CT molecular complexity index is 971. The Morgan fingerprint density at radius 3 is 2.77 bits per heavy atom. The van der Waals surface area contributed by atoms with E-state index in [9.17, 15) is 4.39 Å². The Morgan fingerprint density at radius 2 is 2.03 bits per heavy atom. The number of nitrogens with one attached hydrogen (secondary N) is 2. The van der Waals surface area contributed by atoms with Gasteiger partial charge in [-0.15, -0.1) is 0 Å². The highest BCUT2D eigenvalue weighted by Crippen LogP contribution is 2.24. The molecule has 0 fully saturated rings. The van der Waals surface area contributed by atoms with Gasteiger partial charge in [0.1, 0.15) is 11.5 Å². The van der Waals surface area contributed by atoms with E-state index in [-0.39, 0.29) is 11.2 Å². The molecule has 2 N–H and O–H groups in total. The minimum absolute atomic E-state index is 0.236. The van der Waals surface area contributed by atoms with Gasteiger partial charge < -0.3 is 15.2 Å². The highest BCUT2D eigenvalue weighted by molar-refractivity contribution is 5.79. The zero-order valence-electron chi connectivity index (χ0n) is 17.5. The Kier molecular flexibility index (Phi) is 7.11. The van der Waals surface area contributed by atoms with Crippen molar-refractivity contribution in [3.8, 4) is 11.6 Å². The molecule has 7 nitrogen and oxygen atoms in total. The quantitative estimate of drug-likeness (QED) is 0.437. The number of pyridine rings is 1. The van der Waals surface area contributed by atoms with Crippen molar-refractivity contribution in [2.45, 2.75) is 32.6 Å². The average molecular weight is 410 g/mol. The topological polar surface area (TPSA) is 88.2 Å². The molecule has 0 radical (unpaired) electrons. The third kappa shape index (κ3) is 5.85. The molecule has 0 saturated carbocycles. The second kappa shape index (κ2) is 9.96. The van der Waals surface area contributed by atoms with Crippen molar-refractivity contribution in [1.29, 1.82) is 0 Å². The van der Waals surface area contributed by atoms with Crippen LogP contribution in [0, 0.1) is 5.82 Å². The van der Waals surface area contributed by atoms with Crippen molar-refractivity contribution >= 4 is 5.96 Å². The van der Waals surface area contributed by atoms with Crippen molar-refractivity contribution in [2.24, 2.45) is 4.99 Å². The summed E-state index contributed by atoms with van der Waals surface area (Å²) in [5.74, 6) is 1.46. The number of rotatable bonds is 8. The van der Waals surface area contributed by atoms with Gasteiger partial charge >= 0.3 is 0 Å². The number of benzene rings is 1. The van der Waals surface area contributed by atoms with Crippen molar-refractivity contribution < 1.29 is 8.91 Å². The number of nitrogens with zero attached hydrogens (tertiary/aromatic N) is 4. The van der Waals surface area contributed by atoms with Gasteiger partial charge in [0.2, 0.25) is 0 Å². The maximum absolute atomic E-state index is 13.6. The molecular formula is C22H27FN6O. The summed E-state index contributed by atoms with van der Waals surface area (Å²) >= 11 is 0. The number of guanidine groups is 1. The number of aliphatic imine (C=N–C) groups is 1. The van der Waals surface area contributed by atoms with Crippen LogP contribution in [0.15, 0.2) is 58.2 Å². The van der Waals surface area contributed by atoms with Crippen LogP contribution in [0.25, 0.3) is 11.6 Å². The molecule has 3 aromatic rings. The van der Waals surface area contributed by atoms with Gasteiger partial charge in [0, 0.05) is 31.1 Å². The predicted molar refractivity (Wildman–Crippen MR) is 115 cm³/mol. The molecule has 1 aromatic carbocycles. The lowest BCUT2D eigenvalue weighted by Crippen LogP contribution is -2.39. The van der Waals surface area contributed by atoms with Crippen LogP contribution in [-0.4, -0.2) is 40.7 Å². The lowest BCUT2D eigenvalue weighted by Gasteiger charge is -2.24. The van der Waals surface area contributed by atoms with E-state index in [0.29, 0.717) is 42.9 Å². The van der Waals surface area contributed by atoms with E-state index in [1.54, 1.807) is 18.3 Å². The summed E-state index contributed by atoms with van der Waals surface area (Å²) in [5, 5.41) is 10.5. The van der Waals surface area contributed by atoms with E-state index >= 15 is 0 Å². The molecule has 0 aliphatic carbocycles. The van der Waals surface area contributed by atoms with Crippen molar-refractivity contribution in [3.63, 3.8) is 0 Å². The Hall–Kier alpha value is -3.29. The maximum Gasteiger partial charge on any atom is 0.276 e. The standard InChI is InChI=1S/C22H27FN6O/c1-4-24-21(27-15-22(2,3)16-8-7-9-17(23)14-16)26-13-11-19-28-20(30-29-19)18-10-5-6-12-25-18/h5-10,12,14H,4,11,13,15H2,1-3H3,(H2,24,26,27). The molecular weight excluding hydrogens is 383 g/mol. The highest BCUT2D eigenvalue weighted by Gasteiger charge is 2.21. The largest absolute Gasteiger partial charge is 0.357 e. The van der Waals surface area contributed by atoms with Gasteiger partial charge in [-0.3, -0.25) is 9.98 Å². The lowest BCUT2D eigenvalue weighted by atomic mass is 9.85. The summed E-state index contributed by atoms with van der Waals surface area (Å²) in [5.41, 5.74) is 1.27. The van der Waals surface area contributed by atoms with Crippen LogP contribution >= 0.6 is 0 Å². The molecule has 0 unspecified atom stereocenters. The van der Waals surface area contributed by atoms with E-state index in [0.717, 1.165) is 12.1 Å². The number of halogens is 1. The summed E-state index contributed by atoms with van der Waals surface area (Å²) in [6.45, 7) is 7.94. The molecule has 3 rings (SSSR count). The summed E-state index contributed by atoms with van der Waals surface area (Å²) in [4.78, 5) is 13.3. The van der Waals surface area contributed by atoms with Crippen LogP contribution in [0.1, 0.15) is 32.2 Å². The van der Waals surface area contributed by atoms with Gasteiger partial charge in [-0.1, -0.05) is 37.2 Å². The molecule has 0 aliphatic heterocycles. The van der Waals surface area contributed by atoms with Gasteiger partial charge in [0.15, 0.2) is 11.8 Å². The first-order valence-electron chi connectivity index (χ1n) is 10.00. The third-order valence-electron chi connectivity index (χ3n) is 4.58. The SMILES string of the molecule is CCNC(=NCC(C)(C)c1cccc(F)c1)NCCc1noc(-c2ccccn2)n1. The van der Waals surface area contributed by atoms with Gasteiger partial charge in [0.25, 0.3) is 5.89 Å². The van der Waals surface area contributed by atoms with Crippen LogP contribution in [0.5, 0.6) is 0 Å². The number of hydrogen-bond donors (Lipinski definition) is 2. The first-order valence-corrected chi connectivity index (χ1v) is 10.00. The van der Waals surface area contributed by atoms with Gasteiger partial charge in [-0.2, -0.15) is 4.98 Å². The third-order valence-corrected chi connectivity index (χ3v) is 4.58. The minimum atomic E-state index is -0.296. The molecule has 0 aliphatic rings. The normalized spacial score (nSPS) is 12.1. The van der Waals surface area contributed by atoms with Gasteiger partial charge in [-0.05, 0) is 36.8 Å². The van der Waals surface area contributed by atoms with Crippen molar-refractivity contribution in [2.75, 3.05) is 19.6 Å². The summed E-state index contributed by atoms with van der Waals surface area (Å²) in [6.07, 6.45) is 2.26. The Morgan fingerprint density at radius 1 is 1.17 bits per heavy atom. The zero-order valence-corrected chi connectivity index (χ0v) is 17.5. The van der Waals surface area contributed by atoms with E-state index in [4.69, 9.17) is 4.52 Å². The fourth-order valence-electron chi connectivity index (χ4n) is 2.86. The summed E-state index contributed by atoms with van der Waals surface area (Å²) in [7, 11) is 0. The van der Waals surface area contributed by atoms with E-state index in [1.165, 1.54) is 6.07 Å². The molecule has 2 aromatic heterocycles. The molecule has 0 amide bonds. The predicted octanol–water partition coefficient (Wildman–Crippen LogP) is 3.35. The van der Waals surface area contributed by atoms with Crippen LogP contribution in [0.3, 0.4) is 0 Å². The van der Waals surface area contributed by atoms with E-state index in [2.05, 4.69) is 30.8 Å². The molecule has 0 bridgehead atoms. The zero-order chi connectivity index (χ0) is 21.4. The first kappa shape index (κ1) is 21.4. The summed E-state index contributed by atoms with van der Waals surface area (Å²) < 4.78 is 18.8. The molecule has 8 heteroatoms. The monoisotopic (exact) mass is 410 g/mol. The Balaban J connectivity index is 1.57. The van der Waals surface area contributed by atoms with Gasteiger partial charge in [0.05, 0.1) is 6.54 Å². The number of hydrogen-bond acceptors (Lipinski definition) is 5. The fraction of sp³-hybridized carbons (Fsp3) is 0.364. The maximum atomic E-state index is 13.6. The van der Waals surface area contributed by atoms with Crippen LogP contribution < -0.4 is 10.6 Å². The van der Waals surface area contributed by atoms with Crippen molar-refractivity contribution in [1.82, 2.24) is 25.8 Å². The van der Waals surface area contributed by atoms with Crippen LogP contribution in [0.4, 0.5) is 4.39 Å². The Labute approximate surface area is 175 Å². The molecule has 30 heavy (non-hydrogen) atoms. The lowest BCUT2D eigenvalue weighted by molar-refractivity contribution is 0.421. The van der Waals surface area contributed by atoms with Crippen LogP contribution in [0.2, 0.25) is 0 Å². The molecule has 2 heterocycles. The molecule has 158 valence electrons. The molecule has 0 saturated heterocycles. The average Bonchev–Trinajstić information content (AvgIpc) is 3.22. The van der Waals surface area contributed by atoms with Crippen molar-refractivity contribution in [3.05, 3.63) is 65.9 Å². The number of aromatic nitrogens is 3. The molecule has 0 spiro atoms. The molecule has 0 atom stereocenters. The highest BCUT2D eigenvalue weighted by atomic mass is 19.1. The van der Waals surface area contributed by atoms with E-state index in [1.807, 2.05) is 45.0 Å². The smallest absolute Gasteiger partial charge is 0.276 e. The second-order valence-electron chi connectivity index (χ2n) is 7.50. The van der Waals surface area contributed by atoms with Gasteiger partial charge in [-0.25, -0.2) is 4.39 Å².